The van der Waals surface area contributed by atoms with Gasteiger partial charge in [-0.3, -0.25) is 0 Å². The normalized spacial score (nSPS) is 13.1. The van der Waals surface area contributed by atoms with E-state index in [0.717, 1.165) is 11.4 Å². The van der Waals surface area contributed by atoms with Gasteiger partial charge in [0, 0.05) is 37.1 Å². The van der Waals surface area contributed by atoms with Crippen molar-refractivity contribution in [2.24, 2.45) is 0 Å². The number of thiophene rings is 1. The maximum absolute atomic E-state index is 2.48. The number of fused-ring (bicyclic) bond motifs is 8. The van der Waals surface area contributed by atoms with Crippen LogP contribution in [0.3, 0.4) is 0 Å². The number of para-hydroxylation sites is 1. The number of anilines is 3. The van der Waals surface area contributed by atoms with Crippen molar-refractivity contribution in [3.05, 3.63) is 210 Å². The van der Waals surface area contributed by atoms with Crippen LogP contribution in [-0.4, -0.2) is 0 Å². The second kappa shape index (κ2) is 11.1. The minimum atomic E-state index is -0.512. The largest absolute Gasteiger partial charge is 0.310 e. The highest BCUT2D eigenvalue weighted by Crippen LogP contribution is 2.61. The lowest BCUT2D eigenvalue weighted by atomic mass is 9.66. The number of hydrogen-bond donors (Lipinski definition) is 0. The average Bonchev–Trinajstić information content (AvgIpc) is 3.70. The molecular formula is C47H31NS. The number of hydrogen-bond acceptors (Lipinski definition) is 2. The molecule has 49 heavy (non-hydrogen) atoms. The van der Waals surface area contributed by atoms with Crippen molar-refractivity contribution in [1.29, 1.82) is 0 Å². The molecule has 10 rings (SSSR count). The highest BCUT2D eigenvalue weighted by molar-refractivity contribution is 7.25. The van der Waals surface area contributed by atoms with Crippen molar-refractivity contribution in [2.75, 3.05) is 4.90 Å². The quantitative estimate of drug-likeness (QED) is 0.181. The van der Waals surface area contributed by atoms with Gasteiger partial charge in [0.2, 0.25) is 0 Å². The summed E-state index contributed by atoms with van der Waals surface area (Å²) < 4.78 is 2.61. The number of benzene rings is 8. The predicted molar refractivity (Wildman–Crippen MR) is 209 cm³/mol. The first kappa shape index (κ1) is 28.1. The van der Waals surface area contributed by atoms with Crippen LogP contribution in [0, 0.1) is 0 Å². The molecule has 0 bridgehead atoms. The maximum Gasteiger partial charge on any atom is 0.0720 e. The fraction of sp³-hybridized carbons (Fsp3) is 0.0213. The van der Waals surface area contributed by atoms with Crippen LogP contribution >= 0.6 is 11.3 Å². The van der Waals surface area contributed by atoms with Crippen molar-refractivity contribution in [2.45, 2.75) is 5.41 Å². The summed E-state index contributed by atoms with van der Waals surface area (Å²) in [7, 11) is 0. The van der Waals surface area contributed by atoms with Gasteiger partial charge in [-0.2, -0.15) is 0 Å². The lowest BCUT2D eigenvalue weighted by Gasteiger charge is -2.35. The maximum atomic E-state index is 2.48. The van der Waals surface area contributed by atoms with Gasteiger partial charge in [-0.15, -0.1) is 11.3 Å². The fourth-order valence-electron chi connectivity index (χ4n) is 8.33. The zero-order chi connectivity index (χ0) is 32.4. The van der Waals surface area contributed by atoms with E-state index in [-0.39, 0.29) is 0 Å². The van der Waals surface area contributed by atoms with Crippen molar-refractivity contribution in [3.63, 3.8) is 0 Å². The molecule has 230 valence electrons. The van der Waals surface area contributed by atoms with E-state index >= 15 is 0 Å². The highest BCUT2D eigenvalue weighted by Gasteiger charge is 2.48. The third-order valence-corrected chi connectivity index (χ3v) is 11.4. The molecule has 9 aromatic rings. The number of rotatable bonds is 5. The van der Waals surface area contributed by atoms with Gasteiger partial charge in [0.05, 0.1) is 11.1 Å². The van der Waals surface area contributed by atoms with E-state index in [1.165, 1.54) is 70.0 Å². The molecule has 0 aliphatic heterocycles. The molecule has 0 spiro atoms. The molecule has 0 unspecified atom stereocenters. The SMILES string of the molecule is c1ccc(N(c2ccc3c(c2)sc2ccccc23)c2cc3ccccc3c3c2-c2ccccc2C3(c2ccccc2)c2ccccc2)cc1. The highest BCUT2D eigenvalue weighted by atomic mass is 32.1. The van der Waals surface area contributed by atoms with Crippen LogP contribution in [0.4, 0.5) is 17.1 Å². The van der Waals surface area contributed by atoms with E-state index in [0.29, 0.717) is 0 Å². The first-order valence-electron chi connectivity index (χ1n) is 16.9. The molecule has 8 aromatic carbocycles. The molecule has 0 fully saturated rings. The molecule has 0 amide bonds. The Kier molecular flexibility index (Phi) is 6.34. The molecule has 0 saturated heterocycles. The summed E-state index contributed by atoms with van der Waals surface area (Å²) in [5.41, 5.74) is 10.7. The Morgan fingerprint density at radius 2 is 1.02 bits per heavy atom. The van der Waals surface area contributed by atoms with Gasteiger partial charge in [0.1, 0.15) is 0 Å². The Hall–Kier alpha value is -5.96. The number of nitrogens with zero attached hydrogens (tertiary/aromatic N) is 1. The van der Waals surface area contributed by atoms with Gasteiger partial charge < -0.3 is 4.90 Å². The summed E-state index contributed by atoms with van der Waals surface area (Å²) in [6.07, 6.45) is 0. The molecule has 1 nitrogen and oxygen atoms in total. The van der Waals surface area contributed by atoms with Crippen molar-refractivity contribution < 1.29 is 0 Å². The van der Waals surface area contributed by atoms with E-state index in [1.54, 1.807) is 0 Å². The van der Waals surface area contributed by atoms with Crippen molar-refractivity contribution in [3.8, 4) is 11.1 Å². The van der Waals surface area contributed by atoms with Crippen LogP contribution in [0.5, 0.6) is 0 Å². The fourth-order valence-corrected chi connectivity index (χ4v) is 9.47. The summed E-state index contributed by atoms with van der Waals surface area (Å²) in [6, 6.07) is 69.3. The molecular weight excluding hydrogens is 611 g/mol. The summed E-state index contributed by atoms with van der Waals surface area (Å²) in [5.74, 6) is 0. The minimum Gasteiger partial charge on any atom is -0.310 e. The van der Waals surface area contributed by atoms with E-state index in [4.69, 9.17) is 0 Å². The zero-order valence-corrected chi connectivity index (χ0v) is 27.6. The van der Waals surface area contributed by atoms with Crippen LogP contribution < -0.4 is 4.90 Å². The zero-order valence-electron chi connectivity index (χ0n) is 26.8. The van der Waals surface area contributed by atoms with Gasteiger partial charge >= 0.3 is 0 Å². The molecule has 0 N–H and O–H groups in total. The van der Waals surface area contributed by atoms with Gasteiger partial charge in [-0.1, -0.05) is 152 Å². The van der Waals surface area contributed by atoms with E-state index < -0.39 is 5.41 Å². The van der Waals surface area contributed by atoms with Gasteiger partial charge in [-0.25, -0.2) is 0 Å². The van der Waals surface area contributed by atoms with Gasteiger partial charge in [-0.05, 0) is 75.0 Å². The average molecular weight is 642 g/mol. The molecule has 0 saturated carbocycles. The second-order valence-corrected chi connectivity index (χ2v) is 13.9. The molecule has 1 aliphatic rings. The Morgan fingerprint density at radius 3 is 1.78 bits per heavy atom. The standard InChI is InChI=1S/C47H31NS/c1-4-17-33(18-5-1)47(34-19-6-2-7-20-34)41-26-14-12-25-40(41)45-42(30-32-16-10-11-23-37(32)46(45)47)48(35-21-8-3-9-22-35)36-28-29-39-38-24-13-15-27-43(38)49-44(39)31-36/h1-31H. The topological polar surface area (TPSA) is 3.24 Å². The van der Waals surface area contributed by atoms with E-state index in [2.05, 4.69) is 193 Å². The van der Waals surface area contributed by atoms with E-state index in [1.807, 2.05) is 11.3 Å². The summed E-state index contributed by atoms with van der Waals surface area (Å²) in [6.45, 7) is 0. The lowest BCUT2D eigenvalue weighted by molar-refractivity contribution is 0.775. The third kappa shape index (κ3) is 4.11. The summed E-state index contributed by atoms with van der Waals surface area (Å²) >= 11 is 1.87. The second-order valence-electron chi connectivity index (χ2n) is 12.8. The lowest BCUT2D eigenvalue weighted by Crippen LogP contribution is -2.29. The van der Waals surface area contributed by atoms with Crippen LogP contribution in [0.2, 0.25) is 0 Å². The third-order valence-electron chi connectivity index (χ3n) is 10.3. The monoisotopic (exact) mass is 641 g/mol. The van der Waals surface area contributed by atoms with Crippen molar-refractivity contribution in [1.82, 2.24) is 0 Å². The van der Waals surface area contributed by atoms with Crippen LogP contribution in [0.1, 0.15) is 22.3 Å². The molecule has 0 atom stereocenters. The molecule has 2 heteroatoms. The van der Waals surface area contributed by atoms with Crippen LogP contribution in [0.15, 0.2) is 188 Å². The Labute approximate surface area is 290 Å². The first-order chi connectivity index (χ1) is 24.3. The van der Waals surface area contributed by atoms with Crippen LogP contribution in [-0.2, 0) is 5.41 Å². The summed E-state index contributed by atoms with van der Waals surface area (Å²) in [4.78, 5) is 2.48. The minimum absolute atomic E-state index is 0.512. The molecule has 1 aromatic heterocycles. The Balaban J connectivity index is 1.36. The smallest absolute Gasteiger partial charge is 0.0720 e. The van der Waals surface area contributed by atoms with Crippen molar-refractivity contribution >= 4 is 59.3 Å². The first-order valence-corrected chi connectivity index (χ1v) is 17.7. The van der Waals surface area contributed by atoms with Crippen LogP contribution in [0.25, 0.3) is 42.1 Å². The molecule has 1 aliphatic carbocycles. The van der Waals surface area contributed by atoms with Gasteiger partial charge in [0.25, 0.3) is 0 Å². The Morgan fingerprint density at radius 1 is 0.429 bits per heavy atom. The Bertz CT molecular complexity index is 2620. The summed E-state index contributed by atoms with van der Waals surface area (Å²) in [5, 5.41) is 5.12. The molecule has 1 heterocycles. The molecule has 0 radical (unpaired) electrons. The predicted octanol–water partition coefficient (Wildman–Crippen LogP) is 13.0. The van der Waals surface area contributed by atoms with E-state index in [9.17, 15) is 0 Å². The van der Waals surface area contributed by atoms with Gasteiger partial charge in [0.15, 0.2) is 0 Å².